The molecular formula is C30H22ClF3N2O4S. The smallest absolute Gasteiger partial charge is 0.416 e. The fourth-order valence-corrected chi connectivity index (χ4v) is 5.77. The molecule has 0 aliphatic heterocycles. The number of benzene rings is 3. The summed E-state index contributed by atoms with van der Waals surface area (Å²) in [4.78, 5) is 29.1. The van der Waals surface area contributed by atoms with Crippen molar-refractivity contribution in [2.45, 2.75) is 34.2 Å². The first-order chi connectivity index (χ1) is 19.5. The Hall–Kier alpha value is -3.86. The molecule has 1 fully saturated rings. The predicted molar refractivity (Wildman–Crippen MR) is 148 cm³/mol. The molecule has 1 aliphatic rings. The van der Waals surface area contributed by atoms with E-state index in [9.17, 15) is 32.4 Å². The molecule has 41 heavy (non-hydrogen) atoms. The van der Waals surface area contributed by atoms with Gasteiger partial charge in [0.1, 0.15) is 11.3 Å². The maximum Gasteiger partial charge on any atom is 0.416 e. The van der Waals surface area contributed by atoms with E-state index in [0.29, 0.717) is 11.6 Å². The van der Waals surface area contributed by atoms with E-state index in [2.05, 4.69) is 10.3 Å². The Morgan fingerprint density at radius 1 is 1.00 bits per heavy atom. The molecular weight excluding hydrogens is 577 g/mol. The molecule has 0 spiro atoms. The molecule has 4 aromatic rings. The molecule has 1 aliphatic carbocycles. The fraction of sp³-hybridized carbons (Fsp3) is 0.167. The van der Waals surface area contributed by atoms with Gasteiger partial charge in [-0.05, 0) is 85.1 Å². The van der Waals surface area contributed by atoms with Crippen LogP contribution in [0.1, 0.15) is 50.4 Å². The van der Waals surface area contributed by atoms with Crippen molar-refractivity contribution in [3.63, 3.8) is 0 Å². The minimum absolute atomic E-state index is 0.00614. The number of pyridine rings is 1. The highest BCUT2D eigenvalue weighted by molar-refractivity contribution is 7.91. The van der Waals surface area contributed by atoms with Crippen molar-refractivity contribution in [2.24, 2.45) is 0 Å². The number of aromatic carboxylic acids is 1. The third-order valence-corrected chi connectivity index (χ3v) is 8.71. The van der Waals surface area contributed by atoms with E-state index < -0.39 is 40.2 Å². The Balaban J connectivity index is 1.30. The molecule has 1 aromatic heterocycles. The number of anilines is 1. The van der Waals surface area contributed by atoms with E-state index in [1.54, 1.807) is 6.07 Å². The zero-order valence-corrected chi connectivity index (χ0v) is 22.8. The van der Waals surface area contributed by atoms with Crippen LogP contribution < -0.4 is 5.32 Å². The van der Waals surface area contributed by atoms with Crippen LogP contribution in [0.3, 0.4) is 0 Å². The van der Waals surface area contributed by atoms with Crippen molar-refractivity contribution in [2.75, 3.05) is 11.9 Å². The second-order valence-electron chi connectivity index (χ2n) is 9.71. The van der Waals surface area contributed by atoms with Crippen molar-refractivity contribution in [3.05, 3.63) is 118 Å². The molecule has 1 saturated carbocycles. The minimum atomic E-state index is -4.56. The standard InChI is InChI=1S/C30H22ClF3N2O4S/c31-21-6-2-19(3-7-21)29(13-14-29)17-36-22-8-11-25(35-16-22)27(37)18-1-12-26(24(15-18)28(38)39)41(40)23-9-4-20(5-10-23)30(32,33)34/h1-12,15-16,36H,13-14,17H2,(H,38,39). The summed E-state index contributed by atoms with van der Waals surface area (Å²) in [5.41, 5.74) is 0.727. The highest BCUT2D eigenvalue weighted by atomic mass is 35.5. The van der Waals surface area contributed by atoms with Gasteiger partial charge in [-0.15, -0.1) is 0 Å². The van der Waals surface area contributed by atoms with Gasteiger partial charge in [0.05, 0.1) is 17.4 Å². The van der Waals surface area contributed by atoms with Gasteiger partial charge in [-0.1, -0.05) is 23.7 Å². The average Bonchev–Trinajstić information content (AvgIpc) is 3.76. The number of carboxylic acid groups (broad SMARTS) is 1. The molecule has 1 unspecified atom stereocenters. The highest BCUT2D eigenvalue weighted by Crippen LogP contribution is 2.48. The third-order valence-electron chi connectivity index (χ3n) is 7.00. The summed E-state index contributed by atoms with van der Waals surface area (Å²) in [5, 5.41) is 13.8. The van der Waals surface area contributed by atoms with Crippen molar-refractivity contribution >= 4 is 40.2 Å². The number of rotatable bonds is 9. The molecule has 3 aromatic carbocycles. The lowest BCUT2D eigenvalue weighted by Gasteiger charge is -2.17. The van der Waals surface area contributed by atoms with Crippen LogP contribution in [0.5, 0.6) is 0 Å². The lowest BCUT2D eigenvalue weighted by molar-refractivity contribution is -0.137. The quantitative estimate of drug-likeness (QED) is 0.159. The van der Waals surface area contributed by atoms with Gasteiger partial charge in [0.15, 0.2) is 9.79 Å². The molecule has 1 heterocycles. The van der Waals surface area contributed by atoms with Gasteiger partial charge >= 0.3 is 12.1 Å². The van der Waals surface area contributed by atoms with E-state index >= 15 is 0 Å². The monoisotopic (exact) mass is 598 g/mol. The summed E-state index contributed by atoms with van der Waals surface area (Å²) >= 11 is 3.91. The summed E-state index contributed by atoms with van der Waals surface area (Å²) in [5.74, 6) is -1.97. The first-order valence-corrected chi connectivity index (χ1v) is 14.0. The lowest BCUT2D eigenvalue weighted by atomic mass is 9.96. The minimum Gasteiger partial charge on any atom is -0.606 e. The number of carboxylic acids is 1. The predicted octanol–water partition coefficient (Wildman–Crippen LogP) is 6.99. The molecule has 5 rings (SSSR count). The number of hydrogen-bond acceptors (Lipinski definition) is 5. The maximum atomic E-state index is 13.1. The van der Waals surface area contributed by atoms with Crippen LogP contribution in [0.2, 0.25) is 5.02 Å². The van der Waals surface area contributed by atoms with Crippen LogP contribution >= 0.6 is 11.6 Å². The Kier molecular flexibility index (Phi) is 7.83. The van der Waals surface area contributed by atoms with Crippen molar-refractivity contribution in [1.82, 2.24) is 4.98 Å². The Morgan fingerprint density at radius 2 is 1.68 bits per heavy atom. The highest BCUT2D eigenvalue weighted by Gasteiger charge is 2.44. The maximum absolute atomic E-state index is 13.1. The van der Waals surface area contributed by atoms with Crippen molar-refractivity contribution in [3.8, 4) is 0 Å². The zero-order chi connectivity index (χ0) is 29.4. The third kappa shape index (κ3) is 6.24. The van der Waals surface area contributed by atoms with E-state index in [-0.39, 0.29) is 26.5 Å². The Labute approximate surface area is 241 Å². The summed E-state index contributed by atoms with van der Waals surface area (Å²) in [6.07, 6.45) is -0.959. The SMILES string of the molecule is O=C(c1ccc([S+]([O-])c2ccc(C(F)(F)F)cc2)c(C(=O)O)c1)c1ccc(NCC2(c3ccc(Cl)cc3)CC2)cn1. The van der Waals surface area contributed by atoms with Crippen LogP contribution in [-0.2, 0) is 22.8 Å². The van der Waals surface area contributed by atoms with Crippen LogP contribution in [0, 0.1) is 0 Å². The summed E-state index contributed by atoms with van der Waals surface area (Å²) < 4.78 is 51.6. The summed E-state index contributed by atoms with van der Waals surface area (Å²) in [6, 6.07) is 18.3. The fourth-order valence-electron chi connectivity index (χ4n) is 4.47. The van der Waals surface area contributed by atoms with Gasteiger partial charge in [0, 0.05) is 33.7 Å². The van der Waals surface area contributed by atoms with Crippen LogP contribution in [0.15, 0.2) is 94.9 Å². The lowest BCUT2D eigenvalue weighted by Crippen LogP contribution is -2.19. The molecule has 1 atom stereocenters. The van der Waals surface area contributed by atoms with E-state index in [1.165, 1.54) is 30.0 Å². The summed E-state index contributed by atoms with van der Waals surface area (Å²) in [7, 11) is 0. The first kappa shape index (κ1) is 28.7. The molecule has 0 bridgehead atoms. The second kappa shape index (κ2) is 11.2. The number of ketones is 1. The van der Waals surface area contributed by atoms with E-state index in [0.717, 1.165) is 48.9 Å². The number of nitrogens with zero attached hydrogens (tertiary/aromatic N) is 1. The van der Waals surface area contributed by atoms with Gasteiger partial charge in [-0.25, -0.2) is 4.79 Å². The summed E-state index contributed by atoms with van der Waals surface area (Å²) in [6.45, 7) is 0.684. The van der Waals surface area contributed by atoms with Gasteiger partial charge < -0.3 is 15.0 Å². The number of nitrogens with one attached hydrogen (secondary N) is 1. The number of carbonyl (C=O) groups is 2. The van der Waals surface area contributed by atoms with Crippen molar-refractivity contribution in [1.29, 1.82) is 0 Å². The topological polar surface area (TPSA) is 102 Å². The normalized spacial score (nSPS) is 14.8. The largest absolute Gasteiger partial charge is 0.606 e. The molecule has 11 heteroatoms. The van der Waals surface area contributed by atoms with Gasteiger partial charge in [0.25, 0.3) is 0 Å². The number of alkyl halides is 3. The molecule has 0 radical (unpaired) electrons. The number of hydrogen-bond donors (Lipinski definition) is 2. The van der Waals surface area contributed by atoms with Crippen LogP contribution in [0.25, 0.3) is 0 Å². The average molecular weight is 599 g/mol. The Morgan fingerprint density at radius 3 is 2.24 bits per heavy atom. The molecule has 6 nitrogen and oxygen atoms in total. The van der Waals surface area contributed by atoms with Crippen molar-refractivity contribution < 1.29 is 32.4 Å². The van der Waals surface area contributed by atoms with Crippen LogP contribution in [0.4, 0.5) is 18.9 Å². The van der Waals surface area contributed by atoms with Crippen LogP contribution in [-0.4, -0.2) is 32.9 Å². The zero-order valence-electron chi connectivity index (χ0n) is 21.2. The van der Waals surface area contributed by atoms with Gasteiger partial charge in [-0.3, -0.25) is 9.78 Å². The number of carbonyl (C=O) groups excluding carboxylic acids is 1. The molecule has 0 amide bonds. The Bertz CT molecular complexity index is 1590. The molecule has 0 saturated heterocycles. The van der Waals surface area contributed by atoms with Gasteiger partial charge in [0.2, 0.25) is 5.78 Å². The first-order valence-electron chi connectivity index (χ1n) is 12.4. The number of halogens is 4. The van der Waals surface area contributed by atoms with E-state index in [1.807, 2.05) is 24.3 Å². The van der Waals surface area contributed by atoms with E-state index in [4.69, 9.17) is 11.6 Å². The number of aromatic nitrogens is 1. The second-order valence-corrected chi connectivity index (χ2v) is 11.6. The molecule has 2 N–H and O–H groups in total. The van der Waals surface area contributed by atoms with Gasteiger partial charge in [-0.2, -0.15) is 13.2 Å². The molecule has 210 valence electrons.